The van der Waals surface area contributed by atoms with E-state index in [9.17, 15) is 0 Å². The van der Waals surface area contributed by atoms with E-state index in [0.717, 1.165) is 0 Å². The molecule has 76 valence electrons. The molecule has 0 amide bonds. The molecule has 0 bridgehead atoms. The van der Waals surface area contributed by atoms with Gasteiger partial charge in [0.2, 0.25) is 0 Å². The van der Waals surface area contributed by atoms with Gasteiger partial charge in [-0.15, -0.1) is 0 Å². The second kappa shape index (κ2) is 3.38. The van der Waals surface area contributed by atoms with Gasteiger partial charge >= 0.3 is 0 Å². The molecule has 0 spiro atoms. The number of hydrogen-bond acceptors (Lipinski definition) is 1. The van der Waals surface area contributed by atoms with Crippen LogP contribution in [-0.4, -0.2) is 4.98 Å². The molecule has 1 aliphatic carbocycles. The van der Waals surface area contributed by atoms with Crippen molar-refractivity contribution < 1.29 is 0 Å². The van der Waals surface area contributed by atoms with Crippen LogP contribution in [0.2, 0.25) is 0 Å². The summed E-state index contributed by atoms with van der Waals surface area (Å²) in [6.07, 6.45) is 7.14. The lowest BCUT2D eigenvalue weighted by atomic mass is 9.82. The minimum atomic E-state index is 0.197. The second-order valence-corrected chi connectivity index (χ2v) is 5.25. The van der Waals surface area contributed by atoms with Gasteiger partial charge in [-0.3, -0.25) is 4.98 Å². The van der Waals surface area contributed by atoms with Gasteiger partial charge in [0, 0.05) is 17.3 Å². The van der Waals surface area contributed by atoms with Crippen molar-refractivity contribution in [3.63, 3.8) is 0 Å². The lowest BCUT2D eigenvalue weighted by molar-refractivity contribution is 0.547. The van der Waals surface area contributed by atoms with Crippen LogP contribution in [0.4, 0.5) is 0 Å². The van der Waals surface area contributed by atoms with Crippen molar-refractivity contribution in [2.45, 2.75) is 51.9 Å². The van der Waals surface area contributed by atoms with Gasteiger partial charge in [0.15, 0.2) is 0 Å². The molecule has 0 N–H and O–H groups in total. The maximum absolute atomic E-state index is 4.56. The number of rotatable bonds is 0. The summed E-state index contributed by atoms with van der Waals surface area (Å²) in [4.78, 5) is 4.56. The Kier molecular flexibility index (Phi) is 2.34. The summed E-state index contributed by atoms with van der Waals surface area (Å²) in [5, 5.41) is 0. The predicted molar refractivity (Wildman–Crippen MR) is 59.6 cm³/mol. The van der Waals surface area contributed by atoms with Crippen molar-refractivity contribution in [1.29, 1.82) is 0 Å². The Morgan fingerprint density at radius 2 is 1.86 bits per heavy atom. The summed E-state index contributed by atoms with van der Waals surface area (Å²) in [5.74, 6) is 0. The molecule has 1 aromatic heterocycles. The molecule has 0 unspecified atom stereocenters. The highest BCUT2D eigenvalue weighted by atomic mass is 14.7. The van der Waals surface area contributed by atoms with Crippen molar-refractivity contribution in [1.82, 2.24) is 4.98 Å². The molecule has 2 rings (SSSR count). The average Bonchev–Trinajstić information content (AvgIpc) is 2.15. The Labute approximate surface area is 86.6 Å². The zero-order valence-electron chi connectivity index (χ0n) is 9.43. The highest BCUT2D eigenvalue weighted by molar-refractivity contribution is 5.35. The SMILES string of the molecule is CC(C)(C)c1nccc2c1CCCC2. The molecule has 1 heterocycles. The third-order valence-corrected chi connectivity index (χ3v) is 2.99. The molecule has 14 heavy (non-hydrogen) atoms. The number of aromatic nitrogens is 1. The monoisotopic (exact) mass is 189 g/mol. The quantitative estimate of drug-likeness (QED) is 0.610. The minimum Gasteiger partial charge on any atom is -0.260 e. The Balaban J connectivity index is 2.51. The van der Waals surface area contributed by atoms with Gasteiger partial charge in [-0.25, -0.2) is 0 Å². The van der Waals surface area contributed by atoms with Crippen LogP contribution >= 0.6 is 0 Å². The van der Waals surface area contributed by atoms with Gasteiger partial charge in [0.25, 0.3) is 0 Å². The highest BCUT2D eigenvalue weighted by Gasteiger charge is 2.22. The van der Waals surface area contributed by atoms with E-state index in [1.54, 1.807) is 0 Å². The van der Waals surface area contributed by atoms with Gasteiger partial charge in [-0.05, 0) is 42.9 Å². The number of aryl methyl sites for hydroxylation is 1. The molecule has 0 radical (unpaired) electrons. The van der Waals surface area contributed by atoms with Crippen molar-refractivity contribution in [3.8, 4) is 0 Å². The standard InChI is InChI=1S/C13H19N/c1-13(2,3)12-11-7-5-4-6-10(11)8-9-14-12/h8-9H,4-7H2,1-3H3. The molecule has 1 aromatic rings. The number of hydrogen-bond donors (Lipinski definition) is 0. The van der Waals surface area contributed by atoms with Crippen LogP contribution in [0.1, 0.15) is 50.4 Å². The van der Waals surface area contributed by atoms with E-state index in [2.05, 4.69) is 31.8 Å². The fourth-order valence-corrected chi connectivity index (χ4v) is 2.31. The Hall–Kier alpha value is -0.850. The van der Waals surface area contributed by atoms with Crippen LogP contribution in [0.15, 0.2) is 12.3 Å². The summed E-state index contributed by atoms with van der Waals surface area (Å²) in [6, 6.07) is 2.20. The van der Waals surface area contributed by atoms with E-state index < -0.39 is 0 Å². The lowest BCUT2D eigenvalue weighted by Crippen LogP contribution is -2.19. The molecule has 0 aromatic carbocycles. The number of fused-ring (bicyclic) bond motifs is 1. The topological polar surface area (TPSA) is 12.9 Å². The fraction of sp³-hybridized carbons (Fsp3) is 0.615. The Morgan fingerprint density at radius 1 is 1.14 bits per heavy atom. The van der Waals surface area contributed by atoms with Crippen LogP contribution in [0.25, 0.3) is 0 Å². The fourth-order valence-electron chi connectivity index (χ4n) is 2.31. The number of pyridine rings is 1. The molecule has 0 saturated carbocycles. The summed E-state index contributed by atoms with van der Waals surface area (Å²) in [6.45, 7) is 6.76. The number of nitrogens with zero attached hydrogens (tertiary/aromatic N) is 1. The van der Waals surface area contributed by atoms with E-state index >= 15 is 0 Å². The third-order valence-electron chi connectivity index (χ3n) is 2.99. The van der Waals surface area contributed by atoms with Gasteiger partial charge in [0.1, 0.15) is 0 Å². The molecule has 0 fully saturated rings. The van der Waals surface area contributed by atoms with E-state index in [4.69, 9.17) is 0 Å². The zero-order valence-corrected chi connectivity index (χ0v) is 9.43. The van der Waals surface area contributed by atoms with Gasteiger partial charge in [-0.2, -0.15) is 0 Å². The first-order chi connectivity index (χ1) is 6.59. The lowest BCUT2D eigenvalue weighted by Gasteiger charge is -2.25. The maximum atomic E-state index is 4.56. The molecule has 1 heteroatoms. The Morgan fingerprint density at radius 3 is 2.57 bits per heavy atom. The van der Waals surface area contributed by atoms with E-state index in [1.165, 1.54) is 42.5 Å². The normalized spacial score (nSPS) is 16.5. The van der Waals surface area contributed by atoms with Gasteiger partial charge in [-0.1, -0.05) is 20.8 Å². The van der Waals surface area contributed by atoms with Crippen LogP contribution in [0.5, 0.6) is 0 Å². The van der Waals surface area contributed by atoms with Crippen LogP contribution in [-0.2, 0) is 18.3 Å². The summed E-state index contributed by atoms with van der Waals surface area (Å²) in [7, 11) is 0. The van der Waals surface area contributed by atoms with Crippen molar-refractivity contribution in [3.05, 3.63) is 29.1 Å². The van der Waals surface area contributed by atoms with Gasteiger partial charge in [0.05, 0.1) is 0 Å². The first-order valence-electron chi connectivity index (χ1n) is 5.56. The van der Waals surface area contributed by atoms with E-state index in [-0.39, 0.29) is 5.41 Å². The Bertz CT molecular complexity index is 334. The largest absolute Gasteiger partial charge is 0.260 e. The van der Waals surface area contributed by atoms with Crippen LogP contribution < -0.4 is 0 Å². The summed E-state index contributed by atoms with van der Waals surface area (Å²) >= 11 is 0. The van der Waals surface area contributed by atoms with Crippen molar-refractivity contribution in [2.75, 3.05) is 0 Å². The smallest absolute Gasteiger partial charge is 0.0491 e. The van der Waals surface area contributed by atoms with Crippen LogP contribution in [0.3, 0.4) is 0 Å². The average molecular weight is 189 g/mol. The second-order valence-electron chi connectivity index (χ2n) is 5.25. The zero-order chi connectivity index (χ0) is 10.2. The van der Waals surface area contributed by atoms with Crippen molar-refractivity contribution in [2.24, 2.45) is 0 Å². The van der Waals surface area contributed by atoms with E-state index in [1.807, 2.05) is 6.20 Å². The van der Waals surface area contributed by atoms with Crippen LogP contribution in [0, 0.1) is 0 Å². The van der Waals surface area contributed by atoms with Crippen molar-refractivity contribution >= 4 is 0 Å². The first-order valence-corrected chi connectivity index (χ1v) is 5.56. The molecule has 1 nitrogen and oxygen atoms in total. The predicted octanol–water partition coefficient (Wildman–Crippen LogP) is 3.26. The van der Waals surface area contributed by atoms with Gasteiger partial charge < -0.3 is 0 Å². The molecule has 1 aliphatic rings. The molecule has 0 atom stereocenters. The first kappa shape index (κ1) is 9.70. The molecule has 0 saturated heterocycles. The molecular formula is C13H19N. The molecular weight excluding hydrogens is 170 g/mol. The minimum absolute atomic E-state index is 0.197. The van der Waals surface area contributed by atoms with E-state index in [0.29, 0.717) is 0 Å². The maximum Gasteiger partial charge on any atom is 0.0491 e. The summed E-state index contributed by atoms with van der Waals surface area (Å²) < 4.78 is 0. The third kappa shape index (κ3) is 1.68. The summed E-state index contributed by atoms with van der Waals surface area (Å²) in [5.41, 5.74) is 4.58. The highest BCUT2D eigenvalue weighted by Crippen LogP contribution is 2.30. The molecule has 0 aliphatic heterocycles.